The number of thiol groups is 1. The second kappa shape index (κ2) is 2.57. The Balaban J connectivity index is 3.42. The van der Waals surface area contributed by atoms with E-state index in [-0.39, 0.29) is 5.75 Å². The fraction of sp³-hybridized carbons (Fsp3) is 1.00. The smallest absolute Gasteiger partial charge is 0.148 e. The molecule has 0 aromatic carbocycles. The normalized spacial score (nSPS) is 13.6. The zero-order valence-electron chi connectivity index (χ0n) is 5.05. The molecule has 0 saturated heterocycles. The van der Waals surface area contributed by atoms with Crippen LogP contribution in [0.15, 0.2) is 0 Å². The van der Waals surface area contributed by atoms with E-state index >= 15 is 0 Å². The van der Waals surface area contributed by atoms with Gasteiger partial charge in [-0.1, -0.05) is 0 Å². The van der Waals surface area contributed by atoms with Gasteiger partial charge < -0.3 is 0 Å². The third kappa shape index (κ3) is 6.30. The van der Waals surface area contributed by atoms with E-state index in [1.54, 1.807) is 0 Å². The topological polar surface area (TPSA) is 34.1 Å². The van der Waals surface area contributed by atoms with Gasteiger partial charge in [0.25, 0.3) is 0 Å². The minimum atomic E-state index is -2.83. The standard InChI is InChI=1S/C3H8O2S2/c1-7(4,5)3-2-6/h6H,2-3H2,1H3/i/hD. The lowest BCUT2D eigenvalue weighted by molar-refractivity contribution is 0.603. The average Bonchev–Trinajstić information content (AvgIpc) is 1.59. The van der Waals surface area contributed by atoms with Crippen LogP contribution in [0.25, 0.3) is 0 Å². The fourth-order valence-corrected chi connectivity index (χ4v) is 1.36. The Morgan fingerprint density at radius 2 is 2.43 bits per heavy atom. The molecule has 0 aliphatic heterocycles. The first-order valence-corrected chi connectivity index (χ1v) is 4.46. The number of sulfone groups is 1. The summed E-state index contributed by atoms with van der Waals surface area (Å²) in [6.45, 7) is 0. The molecule has 0 radical (unpaired) electrons. The summed E-state index contributed by atoms with van der Waals surface area (Å²) in [7, 11) is -2.83. The minimum Gasteiger partial charge on any atom is -0.229 e. The van der Waals surface area contributed by atoms with Crippen LogP contribution < -0.4 is 0 Å². The molecule has 0 amide bonds. The molecule has 0 aromatic rings. The maximum absolute atomic E-state index is 10.3. The van der Waals surface area contributed by atoms with Crippen molar-refractivity contribution in [3.8, 4) is 0 Å². The van der Waals surface area contributed by atoms with Crippen molar-refractivity contribution in [2.24, 2.45) is 0 Å². The largest absolute Gasteiger partial charge is 0.229 e. The van der Waals surface area contributed by atoms with Gasteiger partial charge in [-0.15, -0.1) is 0 Å². The molecule has 0 atom stereocenters. The van der Waals surface area contributed by atoms with Gasteiger partial charge in [0.15, 0.2) is 0 Å². The molecule has 44 valence electrons. The van der Waals surface area contributed by atoms with Gasteiger partial charge in [0.1, 0.15) is 11.0 Å². The summed E-state index contributed by atoms with van der Waals surface area (Å²) in [5, 5.41) is 0. The highest BCUT2D eigenvalue weighted by molar-refractivity contribution is 7.91. The molecule has 0 saturated carbocycles. The molecule has 7 heavy (non-hydrogen) atoms. The molecular weight excluding hydrogens is 132 g/mol. The van der Waals surface area contributed by atoms with E-state index in [2.05, 4.69) is 0 Å². The van der Waals surface area contributed by atoms with E-state index in [9.17, 15) is 8.42 Å². The van der Waals surface area contributed by atoms with Crippen molar-refractivity contribution in [2.45, 2.75) is 0 Å². The lowest BCUT2D eigenvalue weighted by Gasteiger charge is -1.86. The lowest BCUT2D eigenvalue weighted by Crippen LogP contribution is -2.02. The Hall–Kier alpha value is 0.300. The summed E-state index contributed by atoms with van der Waals surface area (Å²) in [4.78, 5) is 0. The van der Waals surface area contributed by atoms with E-state index in [1.165, 1.54) is 6.26 Å². The molecule has 0 bridgehead atoms. The quantitative estimate of drug-likeness (QED) is 0.560. The van der Waals surface area contributed by atoms with Crippen LogP contribution in [0.1, 0.15) is 0 Å². The van der Waals surface area contributed by atoms with Crippen LogP contribution in [0.3, 0.4) is 0 Å². The van der Waals surface area contributed by atoms with Gasteiger partial charge in [-0.25, -0.2) is 8.42 Å². The predicted molar refractivity (Wildman–Crippen MR) is 33.6 cm³/mol. The van der Waals surface area contributed by atoms with Crippen LogP contribution in [0.2, 0.25) is 0 Å². The molecule has 0 rings (SSSR count). The van der Waals surface area contributed by atoms with E-state index < -0.39 is 9.84 Å². The third-order valence-corrected chi connectivity index (χ3v) is 1.86. The van der Waals surface area contributed by atoms with Crippen molar-refractivity contribution in [3.63, 3.8) is 0 Å². The van der Waals surface area contributed by atoms with Gasteiger partial charge in [0.05, 0.1) is 5.75 Å². The van der Waals surface area contributed by atoms with Gasteiger partial charge in [-0.3, -0.25) is 0 Å². The summed E-state index contributed by atoms with van der Waals surface area (Å²) >= 11 is 0.799. The van der Waals surface area contributed by atoms with Crippen molar-refractivity contribution in [2.75, 3.05) is 17.8 Å². The van der Waals surface area contributed by atoms with Crippen molar-refractivity contribution in [1.82, 2.24) is 0 Å². The molecular formula is C3H8O2S2. The maximum Gasteiger partial charge on any atom is 0.148 e. The molecule has 0 fully saturated rings. The molecule has 0 heterocycles. The zero-order valence-corrected chi connectivity index (χ0v) is 5.68. The van der Waals surface area contributed by atoms with Crippen LogP contribution >= 0.6 is 12.5 Å². The molecule has 4 heteroatoms. The van der Waals surface area contributed by atoms with Gasteiger partial charge >= 0.3 is 0 Å². The van der Waals surface area contributed by atoms with Gasteiger partial charge in [-0.2, -0.15) is 12.5 Å². The molecule has 0 unspecified atom stereocenters. The summed E-state index contributed by atoms with van der Waals surface area (Å²) < 4.78 is 27.1. The highest BCUT2D eigenvalue weighted by atomic mass is 32.2. The van der Waals surface area contributed by atoms with Gasteiger partial charge in [0, 0.05) is 12.0 Å². The van der Waals surface area contributed by atoms with E-state index in [0.29, 0.717) is 5.75 Å². The third-order valence-electron chi connectivity index (χ3n) is 0.454. The maximum atomic E-state index is 10.3. The molecule has 0 aromatic heterocycles. The Morgan fingerprint density at radius 1 is 1.86 bits per heavy atom. The number of hydrogen-bond donors (Lipinski definition) is 1. The summed E-state index contributed by atoms with van der Waals surface area (Å²) in [5.74, 6) is 0.486. The SMILES string of the molecule is [2H]SCCS(C)(=O)=O. The zero-order chi connectivity index (χ0) is 6.62. The van der Waals surface area contributed by atoms with Crippen LogP contribution in [0.5, 0.6) is 0 Å². The molecule has 2 nitrogen and oxygen atoms in total. The first-order valence-electron chi connectivity index (χ1n) is 2.23. The molecule has 0 spiro atoms. The number of rotatable bonds is 3. The first kappa shape index (κ1) is 5.44. The van der Waals surface area contributed by atoms with Crippen LogP contribution in [-0.2, 0) is 9.84 Å². The van der Waals surface area contributed by atoms with E-state index in [0.717, 1.165) is 12.5 Å². The van der Waals surface area contributed by atoms with Crippen LogP contribution in [0.4, 0.5) is 0 Å². The van der Waals surface area contributed by atoms with Crippen molar-refractivity contribution < 1.29 is 8.42 Å². The average molecular weight is 141 g/mol. The minimum absolute atomic E-state index is 0.112. The number of hydrogen-bond acceptors (Lipinski definition) is 3. The van der Waals surface area contributed by atoms with Crippen LogP contribution in [-0.4, -0.2) is 27.3 Å². The molecule has 0 N–H and O–H groups in total. The summed E-state index contributed by atoms with van der Waals surface area (Å²) in [6.07, 6.45) is 1.17. The fourth-order valence-electron chi connectivity index (χ4n) is 0.151. The van der Waals surface area contributed by atoms with Crippen molar-refractivity contribution >= 4 is 22.4 Å². The Bertz CT molecular complexity index is 139. The lowest BCUT2D eigenvalue weighted by atomic mass is 11.0. The molecule has 0 aliphatic rings. The van der Waals surface area contributed by atoms with E-state index in [4.69, 9.17) is 1.12 Å². The Labute approximate surface area is 50.3 Å². The predicted octanol–water partition coefficient (Wildman–Crippen LogP) is -0.0392. The monoisotopic (exact) mass is 141 g/mol. The Morgan fingerprint density at radius 3 is 2.57 bits per heavy atom. The second-order valence-electron chi connectivity index (χ2n) is 1.33. The van der Waals surface area contributed by atoms with Crippen molar-refractivity contribution in [3.05, 3.63) is 0 Å². The second-order valence-corrected chi connectivity index (χ2v) is 4.00. The highest BCUT2D eigenvalue weighted by Gasteiger charge is 1.95. The Kier molecular flexibility index (Phi) is 2.00. The van der Waals surface area contributed by atoms with E-state index in [1.807, 2.05) is 0 Å². The summed E-state index contributed by atoms with van der Waals surface area (Å²) in [6, 6.07) is 0. The molecule has 0 aliphatic carbocycles. The summed E-state index contributed by atoms with van der Waals surface area (Å²) in [5.41, 5.74) is 0. The first-order chi connectivity index (χ1) is 3.56. The van der Waals surface area contributed by atoms with Gasteiger partial charge in [-0.05, 0) is 0 Å². The van der Waals surface area contributed by atoms with Gasteiger partial charge in [0.2, 0.25) is 0 Å². The van der Waals surface area contributed by atoms with Crippen molar-refractivity contribution in [1.29, 1.82) is 1.12 Å². The van der Waals surface area contributed by atoms with Crippen LogP contribution in [0, 0.1) is 0 Å². The highest BCUT2D eigenvalue weighted by Crippen LogP contribution is 1.82.